The summed E-state index contributed by atoms with van der Waals surface area (Å²) in [6.45, 7) is 0. The van der Waals surface area contributed by atoms with Gasteiger partial charge < -0.3 is 9.53 Å². The Morgan fingerprint density at radius 2 is 2.44 bits per heavy atom. The number of hydrogen-bond donors (Lipinski definition) is 0. The number of carbonyl (C=O) groups is 2. The molecule has 0 heterocycles. The van der Waals surface area contributed by atoms with Crippen molar-refractivity contribution < 1.29 is 14.3 Å². The first-order valence-corrected chi connectivity index (χ1v) is 3.55. The molecule has 0 radical (unpaired) electrons. The lowest BCUT2D eigenvalue weighted by atomic mass is 10.8. The highest BCUT2D eigenvalue weighted by atomic mass is 32.2. The molecule has 0 fully saturated rings. The van der Waals surface area contributed by atoms with Gasteiger partial charge in [-0.25, -0.2) is 0 Å². The average molecular weight is 148 g/mol. The van der Waals surface area contributed by atoms with E-state index in [4.69, 9.17) is 0 Å². The lowest BCUT2D eigenvalue weighted by Gasteiger charge is -1.93. The second kappa shape index (κ2) is 5.62. The Bertz CT molecular complexity index is 102. The van der Waals surface area contributed by atoms with Crippen LogP contribution in [-0.4, -0.2) is 30.9 Å². The van der Waals surface area contributed by atoms with E-state index in [0.717, 1.165) is 6.29 Å². The van der Waals surface area contributed by atoms with Crippen molar-refractivity contribution in [3.63, 3.8) is 0 Å². The molecular weight excluding hydrogens is 140 g/mol. The van der Waals surface area contributed by atoms with Gasteiger partial charge in [0.25, 0.3) is 0 Å². The van der Waals surface area contributed by atoms with Crippen LogP contribution in [0.25, 0.3) is 0 Å². The fourth-order valence-electron chi connectivity index (χ4n) is 0.249. The third kappa shape index (κ3) is 5.36. The highest BCUT2D eigenvalue weighted by molar-refractivity contribution is 8.00. The molecule has 0 aromatic rings. The van der Waals surface area contributed by atoms with Crippen LogP contribution in [0, 0.1) is 0 Å². The summed E-state index contributed by atoms with van der Waals surface area (Å²) in [7, 11) is 1.32. The second-order valence-corrected chi connectivity index (χ2v) is 2.29. The Morgan fingerprint density at radius 3 is 2.89 bits per heavy atom. The standard InChI is InChI=1S/C5H8O3S/c1-8-5(7)4-9-3-2-6/h2H,3-4H2,1H3. The summed E-state index contributed by atoms with van der Waals surface area (Å²) in [5.41, 5.74) is 0. The van der Waals surface area contributed by atoms with Crippen LogP contribution in [0.15, 0.2) is 0 Å². The third-order valence-corrected chi connectivity index (χ3v) is 1.45. The number of methoxy groups -OCH3 is 1. The molecule has 9 heavy (non-hydrogen) atoms. The average Bonchev–Trinajstić information content (AvgIpc) is 1.89. The molecular formula is C5H8O3S. The van der Waals surface area contributed by atoms with Crippen LogP contribution in [0.5, 0.6) is 0 Å². The molecule has 0 saturated heterocycles. The van der Waals surface area contributed by atoms with Gasteiger partial charge in [-0.3, -0.25) is 4.79 Å². The normalized spacial score (nSPS) is 8.56. The molecule has 0 unspecified atom stereocenters. The van der Waals surface area contributed by atoms with Crippen molar-refractivity contribution in [1.29, 1.82) is 0 Å². The van der Waals surface area contributed by atoms with E-state index in [1.165, 1.54) is 18.9 Å². The topological polar surface area (TPSA) is 43.4 Å². The highest BCUT2D eigenvalue weighted by Gasteiger charge is 1.97. The Balaban J connectivity index is 3.06. The third-order valence-electron chi connectivity index (χ3n) is 0.633. The predicted octanol–water partition coefficient (Wildman–Crippen LogP) is 0.0915. The Morgan fingerprint density at radius 1 is 1.78 bits per heavy atom. The number of esters is 1. The molecule has 0 aliphatic heterocycles. The molecule has 0 aliphatic rings. The highest BCUT2D eigenvalue weighted by Crippen LogP contribution is 1.96. The molecule has 52 valence electrons. The molecule has 0 atom stereocenters. The van der Waals surface area contributed by atoms with Crippen molar-refractivity contribution in [2.24, 2.45) is 0 Å². The van der Waals surface area contributed by atoms with Crippen LogP contribution in [0.2, 0.25) is 0 Å². The van der Waals surface area contributed by atoms with Crippen molar-refractivity contribution in [2.45, 2.75) is 0 Å². The number of carbonyl (C=O) groups excluding carboxylic acids is 2. The minimum atomic E-state index is -0.290. The largest absolute Gasteiger partial charge is 0.468 e. The first-order chi connectivity index (χ1) is 4.31. The zero-order valence-corrected chi connectivity index (χ0v) is 5.94. The quantitative estimate of drug-likeness (QED) is 0.322. The van der Waals surface area contributed by atoms with Gasteiger partial charge in [-0.05, 0) is 0 Å². The monoisotopic (exact) mass is 148 g/mol. The SMILES string of the molecule is COC(=O)CSCC=O. The summed E-state index contributed by atoms with van der Waals surface area (Å²) in [4.78, 5) is 20.0. The van der Waals surface area contributed by atoms with Gasteiger partial charge in [-0.2, -0.15) is 0 Å². The lowest BCUT2D eigenvalue weighted by molar-refractivity contribution is -0.137. The fraction of sp³-hybridized carbons (Fsp3) is 0.600. The van der Waals surface area contributed by atoms with E-state index >= 15 is 0 Å². The van der Waals surface area contributed by atoms with Crippen LogP contribution in [0.1, 0.15) is 0 Å². The van der Waals surface area contributed by atoms with Gasteiger partial charge >= 0.3 is 5.97 Å². The summed E-state index contributed by atoms with van der Waals surface area (Å²) in [5.74, 6) is 0.325. The number of hydrogen-bond acceptors (Lipinski definition) is 4. The first-order valence-electron chi connectivity index (χ1n) is 2.39. The zero-order chi connectivity index (χ0) is 7.11. The van der Waals surface area contributed by atoms with E-state index in [0.29, 0.717) is 5.75 Å². The van der Waals surface area contributed by atoms with Crippen LogP contribution < -0.4 is 0 Å². The van der Waals surface area contributed by atoms with E-state index in [2.05, 4.69) is 4.74 Å². The smallest absolute Gasteiger partial charge is 0.315 e. The van der Waals surface area contributed by atoms with E-state index in [1.54, 1.807) is 0 Å². The summed E-state index contributed by atoms with van der Waals surface area (Å²) in [5, 5.41) is 0. The van der Waals surface area contributed by atoms with Gasteiger partial charge in [-0.1, -0.05) is 0 Å². The molecule has 0 rings (SSSR count). The van der Waals surface area contributed by atoms with Crippen LogP contribution in [0.4, 0.5) is 0 Å². The number of rotatable bonds is 4. The van der Waals surface area contributed by atoms with Crippen molar-refractivity contribution in [3.05, 3.63) is 0 Å². The van der Waals surface area contributed by atoms with Gasteiger partial charge in [0.15, 0.2) is 0 Å². The fourth-order valence-corrected chi connectivity index (χ4v) is 0.748. The molecule has 0 spiro atoms. The molecule has 0 N–H and O–H groups in total. The van der Waals surface area contributed by atoms with Gasteiger partial charge in [-0.15, -0.1) is 11.8 Å². The minimum absolute atomic E-state index is 0.259. The molecule has 0 aliphatic carbocycles. The van der Waals surface area contributed by atoms with Crippen molar-refractivity contribution >= 4 is 24.0 Å². The molecule has 0 bridgehead atoms. The lowest BCUT2D eigenvalue weighted by Crippen LogP contribution is -2.03. The van der Waals surface area contributed by atoms with Gasteiger partial charge in [0.2, 0.25) is 0 Å². The summed E-state index contributed by atoms with van der Waals surface area (Å²) in [6, 6.07) is 0. The molecule has 3 nitrogen and oxygen atoms in total. The Kier molecular flexibility index (Phi) is 5.30. The molecule has 0 amide bonds. The molecule has 0 aromatic carbocycles. The van der Waals surface area contributed by atoms with Crippen LogP contribution in [-0.2, 0) is 14.3 Å². The second-order valence-electron chi connectivity index (χ2n) is 1.26. The zero-order valence-electron chi connectivity index (χ0n) is 5.12. The maximum Gasteiger partial charge on any atom is 0.315 e. The number of ether oxygens (including phenoxy) is 1. The van der Waals surface area contributed by atoms with Gasteiger partial charge in [0, 0.05) is 5.75 Å². The van der Waals surface area contributed by atoms with Crippen molar-refractivity contribution in [3.8, 4) is 0 Å². The maximum absolute atomic E-state index is 10.3. The van der Waals surface area contributed by atoms with Gasteiger partial charge in [0.05, 0.1) is 12.9 Å². The van der Waals surface area contributed by atoms with E-state index in [1.807, 2.05) is 0 Å². The van der Waals surface area contributed by atoms with Gasteiger partial charge in [0.1, 0.15) is 6.29 Å². The summed E-state index contributed by atoms with van der Waals surface area (Å²) < 4.78 is 4.32. The summed E-state index contributed by atoms with van der Waals surface area (Å²) >= 11 is 1.24. The van der Waals surface area contributed by atoms with Crippen LogP contribution >= 0.6 is 11.8 Å². The predicted molar refractivity (Wildman–Crippen MR) is 35.4 cm³/mol. The van der Waals surface area contributed by atoms with E-state index in [-0.39, 0.29) is 11.7 Å². The van der Waals surface area contributed by atoms with Crippen molar-refractivity contribution in [1.82, 2.24) is 0 Å². The molecule has 4 heteroatoms. The summed E-state index contributed by atoms with van der Waals surface area (Å²) in [6.07, 6.45) is 0.758. The maximum atomic E-state index is 10.3. The number of thioether (sulfide) groups is 1. The number of aldehydes is 1. The van der Waals surface area contributed by atoms with E-state index < -0.39 is 0 Å². The van der Waals surface area contributed by atoms with Crippen LogP contribution in [0.3, 0.4) is 0 Å². The first kappa shape index (κ1) is 8.49. The Labute approximate surface area is 57.8 Å². The Hall–Kier alpha value is -0.510. The molecule has 0 aromatic heterocycles. The molecule has 0 saturated carbocycles. The van der Waals surface area contributed by atoms with Crippen molar-refractivity contribution in [2.75, 3.05) is 18.6 Å². The minimum Gasteiger partial charge on any atom is -0.468 e. The van der Waals surface area contributed by atoms with E-state index in [9.17, 15) is 9.59 Å².